The molecule has 5 nitrogen and oxygen atoms in total. The Bertz CT molecular complexity index is 321. The highest BCUT2D eigenvalue weighted by molar-refractivity contribution is 5.79. The van der Waals surface area contributed by atoms with Crippen molar-refractivity contribution in [1.29, 1.82) is 0 Å². The Kier molecular flexibility index (Phi) is 4.95. The topological polar surface area (TPSA) is 95.1 Å². The molecule has 0 spiro atoms. The lowest BCUT2D eigenvalue weighted by Gasteiger charge is -2.04. The highest BCUT2D eigenvalue weighted by atomic mass is 16.5. The summed E-state index contributed by atoms with van der Waals surface area (Å²) in [5, 5.41) is 8.33. The van der Waals surface area contributed by atoms with Gasteiger partial charge in [-0.1, -0.05) is 12.1 Å². The number of benzene rings is 1. The number of rotatable bonds is 4. The number of carboxylic acid groups (broad SMARTS) is 1. The fraction of sp³-hybridized carbons (Fsp3) is 0.111. The number of carbonyl (C=O) groups excluding carboxylic acids is 1. The van der Waals surface area contributed by atoms with Gasteiger partial charge in [-0.15, -0.1) is 0 Å². The summed E-state index contributed by atoms with van der Waals surface area (Å²) in [5.74, 6) is -0.777. The Hall–Kier alpha value is -1.88. The van der Waals surface area contributed by atoms with Crippen LogP contribution in [0.3, 0.4) is 0 Å². The minimum absolute atomic E-state index is 0. The van der Waals surface area contributed by atoms with Crippen molar-refractivity contribution in [2.75, 3.05) is 6.61 Å². The maximum atomic E-state index is 10.4. The lowest BCUT2D eigenvalue weighted by Crippen LogP contribution is -2.10. The lowest BCUT2D eigenvalue weighted by molar-refractivity contribution is -0.139. The van der Waals surface area contributed by atoms with Gasteiger partial charge in [0.25, 0.3) is 0 Å². The number of hydrogen-bond acceptors (Lipinski definition) is 3. The van der Waals surface area contributed by atoms with Crippen LogP contribution in [0.15, 0.2) is 24.3 Å². The van der Waals surface area contributed by atoms with Gasteiger partial charge in [-0.25, -0.2) is 4.79 Å². The molecule has 14 heavy (non-hydrogen) atoms. The molecule has 0 amide bonds. The van der Waals surface area contributed by atoms with Crippen LogP contribution in [-0.2, 0) is 4.79 Å². The second-order valence-corrected chi connectivity index (χ2v) is 2.34. The molecular formula is C9H10O5. The number of para-hydroxylation sites is 1. The fourth-order valence-electron chi connectivity index (χ4n) is 0.849. The van der Waals surface area contributed by atoms with Gasteiger partial charge < -0.3 is 15.3 Å². The fourth-order valence-corrected chi connectivity index (χ4v) is 0.849. The van der Waals surface area contributed by atoms with Crippen molar-refractivity contribution in [1.82, 2.24) is 0 Å². The molecule has 0 heterocycles. The van der Waals surface area contributed by atoms with Crippen LogP contribution in [0.1, 0.15) is 10.4 Å². The highest BCUT2D eigenvalue weighted by Crippen LogP contribution is 2.14. The monoisotopic (exact) mass is 198 g/mol. The minimum atomic E-state index is -1.07. The molecule has 0 aliphatic carbocycles. The van der Waals surface area contributed by atoms with E-state index in [4.69, 9.17) is 9.84 Å². The third-order valence-corrected chi connectivity index (χ3v) is 1.40. The van der Waals surface area contributed by atoms with E-state index < -0.39 is 12.6 Å². The maximum Gasteiger partial charge on any atom is 0.341 e. The van der Waals surface area contributed by atoms with Crippen molar-refractivity contribution in [3.05, 3.63) is 29.8 Å². The summed E-state index contributed by atoms with van der Waals surface area (Å²) < 4.78 is 4.86. The smallest absolute Gasteiger partial charge is 0.341 e. The highest BCUT2D eigenvalue weighted by Gasteiger charge is 2.03. The summed E-state index contributed by atoms with van der Waals surface area (Å²) in [4.78, 5) is 20.6. The van der Waals surface area contributed by atoms with Crippen molar-refractivity contribution in [2.45, 2.75) is 0 Å². The summed E-state index contributed by atoms with van der Waals surface area (Å²) in [5.41, 5.74) is 0.351. The molecule has 5 heteroatoms. The van der Waals surface area contributed by atoms with Gasteiger partial charge in [-0.3, -0.25) is 4.79 Å². The van der Waals surface area contributed by atoms with Gasteiger partial charge in [0.1, 0.15) is 5.75 Å². The second-order valence-electron chi connectivity index (χ2n) is 2.34. The van der Waals surface area contributed by atoms with Crippen LogP contribution < -0.4 is 4.74 Å². The van der Waals surface area contributed by atoms with Crippen molar-refractivity contribution >= 4 is 12.3 Å². The molecule has 3 N–H and O–H groups in total. The zero-order valence-electron chi connectivity index (χ0n) is 7.27. The van der Waals surface area contributed by atoms with Crippen molar-refractivity contribution in [2.24, 2.45) is 0 Å². The Morgan fingerprint density at radius 2 is 2.07 bits per heavy atom. The van der Waals surface area contributed by atoms with E-state index >= 15 is 0 Å². The van der Waals surface area contributed by atoms with Crippen molar-refractivity contribution in [3.8, 4) is 5.75 Å². The van der Waals surface area contributed by atoms with E-state index in [1.165, 1.54) is 0 Å². The molecule has 0 fully saturated rings. The SMILES string of the molecule is O.O=Cc1ccccc1OCC(=O)O. The normalized spacial score (nSPS) is 8.57. The van der Waals surface area contributed by atoms with Gasteiger partial charge >= 0.3 is 5.97 Å². The number of hydrogen-bond donors (Lipinski definition) is 1. The first kappa shape index (κ1) is 12.1. The molecule has 1 aromatic rings. The zero-order valence-corrected chi connectivity index (χ0v) is 7.27. The van der Waals surface area contributed by atoms with Crippen LogP contribution in [0.5, 0.6) is 5.75 Å². The number of carboxylic acids is 1. The van der Waals surface area contributed by atoms with E-state index in [9.17, 15) is 9.59 Å². The van der Waals surface area contributed by atoms with Crippen LogP contribution in [0.4, 0.5) is 0 Å². The predicted octanol–water partition coefficient (Wildman–Crippen LogP) is 0.138. The molecular weight excluding hydrogens is 188 g/mol. The molecule has 1 aromatic carbocycles. The average molecular weight is 198 g/mol. The molecule has 76 valence electrons. The van der Waals surface area contributed by atoms with Gasteiger partial charge in [0.2, 0.25) is 0 Å². The Balaban J connectivity index is 0.00000169. The van der Waals surface area contributed by atoms with Gasteiger partial charge in [0.05, 0.1) is 5.56 Å². The van der Waals surface area contributed by atoms with E-state index in [1.54, 1.807) is 24.3 Å². The number of ether oxygens (including phenoxy) is 1. The molecule has 0 saturated carbocycles. The van der Waals surface area contributed by atoms with Crippen molar-refractivity contribution in [3.63, 3.8) is 0 Å². The Labute approximate surface area is 80.2 Å². The minimum Gasteiger partial charge on any atom is -0.481 e. The van der Waals surface area contributed by atoms with Gasteiger partial charge in [0, 0.05) is 0 Å². The average Bonchev–Trinajstić information content (AvgIpc) is 2.15. The van der Waals surface area contributed by atoms with E-state index in [2.05, 4.69) is 0 Å². The standard InChI is InChI=1S/C9H8O4.H2O/c10-5-7-3-1-2-4-8(7)13-6-9(11)12;/h1-5H,6H2,(H,11,12);1H2. The summed E-state index contributed by atoms with van der Waals surface area (Å²) in [6, 6.07) is 6.46. The Morgan fingerprint density at radius 1 is 1.43 bits per heavy atom. The number of aliphatic carboxylic acids is 1. The van der Waals surface area contributed by atoms with E-state index in [0.717, 1.165) is 0 Å². The molecule has 1 rings (SSSR count). The molecule has 0 radical (unpaired) electrons. The van der Waals surface area contributed by atoms with Gasteiger partial charge in [0.15, 0.2) is 12.9 Å². The quantitative estimate of drug-likeness (QED) is 0.696. The van der Waals surface area contributed by atoms with E-state index in [-0.39, 0.29) is 5.48 Å². The maximum absolute atomic E-state index is 10.4. The summed E-state index contributed by atoms with van der Waals surface area (Å²) in [6.45, 7) is -0.440. The summed E-state index contributed by atoms with van der Waals surface area (Å²) in [6.07, 6.45) is 0.622. The first-order valence-electron chi connectivity index (χ1n) is 3.63. The summed E-state index contributed by atoms with van der Waals surface area (Å²) in [7, 11) is 0. The van der Waals surface area contributed by atoms with Crippen molar-refractivity contribution < 1.29 is 24.9 Å². The molecule has 0 saturated heterocycles. The van der Waals surface area contributed by atoms with Crippen LogP contribution in [0, 0.1) is 0 Å². The number of aldehydes is 1. The first-order valence-corrected chi connectivity index (χ1v) is 3.63. The first-order chi connectivity index (χ1) is 6.24. The molecule has 0 aromatic heterocycles. The van der Waals surface area contributed by atoms with Gasteiger partial charge in [-0.05, 0) is 12.1 Å². The second kappa shape index (κ2) is 5.71. The largest absolute Gasteiger partial charge is 0.481 e. The van der Waals surface area contributed by atoms with Gasteiger partial charge in [-0.2, -0.15) is 0 Å². The third-order valence-electron chi connectivity index (χ3n) is 1.40. The summed E-state index contributed by atoms with van der Waals surface area (Å²) >= 11 is 0. The lowest BCUT2D eigenvalue weighted by atomic mass is 10.2. The molecule has 0 bridgehead atoms. The zero-order chi connectivity index (χ0) is 9.68. The molecule has 0 aliphatic heterocycles. The molecule has 0 aliphatic rings. The molecule has 0 unspecified atom stereocenters. The van der Waals surface area contributed by atoms with E-state index in [0.29, 0.717) is 17.6 Å². The van der Waals surface area contributed by atoms with Crippen LogP contribution in [0.25, 0.3) is 0 Å². The van der Waals surface area contributed by atoms with Crippen LogP contribution in [-0.4, -0.2) is 29.4 Å². The van der Waals surface area contributed by atoms with Crippen LogP contribution >= 0.6 is 0 Å². The predicted molar refractivity (Wildman–Crippen MR) is 48.6 cm³/mol. The van der Waals surface area contributed by atoms with Crippen LogP contribution in [0.2, 0.25) is 0 Å². The number of carbonyl (C=O) groups is 2. The molecule has 0 atom stereocenters. The third kappa shape index (κ3) is 3.24. The Morgan fingerprint density at radius 3 is 2.64 bits per heavy atom. The van der Waals surface area contributed by atoms with E-state index in [1.807, 2.05) is 0 Å².